The number of ether oxygens (including phenoxy) is 1. The normalized spacial score (nSPS) is 11.0. The highest BCUT2D eigenvalue weighted by Gasteiger charge is 2.19. The predicted octanol–water partition coefficient (Wildman–Crippen LogP) is 2.38. The number of esters is 1. The maximum Gasteiger partial charge on any atom is 0.340 e. The van der Waals surface area contributed by atoms with Gasteiger partial charge in [0, 0.05) is 16.2 Å². The predicted molar refractivity (Wildman–Crippen MR) is 78.7 cm³/mol. The zero-order chi connectivity index (χ0) is 15.3. The largest absolute Gasteiger partial charge is 0.452 e. The highest BCUT2D eigenvalue weighted by molar-refractivity contribution is 6.31. The molecule has 0 saturated heterocycles. The Morgan fingerprint density at radius 1 is 1.40 bits per heavy atom. The second-order valence-electron chi connectivity index (χ2n) is 5.09. The van der Waals surface area contributed by atoms with Crippen molar-refractivity contribution in [1.29, 1.82) is 0 Å². The molecule has 0 aliphatic rings. The standard InChI is InChI=1S/C14H19ClN2O3/c1-4-14(2,3)17-12(18)8-20-13(19)10-6-5-9(15)7-11(10)16/h5-7H,4,8,16H2,1-3H3,(H,17,18). The molecule has 0 aliphatic heterocycles. The van der Waals surface area contributed by atoms with Crippen molar-refractivity contribution < 1.29 is 14.3 Å². The number of rotatable bonds is 5. The minimum Gasteiger partial charge on any atom is -0.452 e. The molecule has 1 rings (SSSR count). The first kappa shape index (κ1) is 16.3. The van der Waals surface area contributed by atoms with E-state index in [4.69, 9.17) is 22.1 Å². The van der Waals surface area contributed by atoms with Crippen LogP contribution in [0.4, 0.5) is 5.69 Å². The van der Waals surface area contributed by atoms with E-state index in [1.165, 1.54) is 18.2 Å². The molecule has 0 bridgehead atoms. The molecular weight excluding hydrogens is 280 g/mol. The summed E-state index contributed by atoms with van der Waals surface area (Å²) in [6.45, 7) is 5.40. The zero-order valence-electron chi connectivity index (χ0n) is 11.8. The van der Waals surface area contributed by atoms with Gasteiger partial charge in [0.25, 0.3) is 5.91 Å². The molecule has 1 amide bonds. The number of hydrogen-bond acceptors (Lipinski definition) is 4. The maximum atomic E-state index is 11.8. The molecule has 0 atom stereocenters. The molecule has 5 nitrogen and oxygen atoms in total. The lowest BCUT2D eigenvalue weighted by molar-refractivity contribution is -0.125. The number of carbonyl (C=O) groups is 2. The van der Waals surface area contributed by atoms with Gasteiger partial charge in [-0.05, 0) is 38.5 Å². The van der Waals surface area contributed by atoms with Crippen molar-refractivity contribution in [3.8, 4) is 0 Å². The van der Waals surface area contributed by atoms with Crippen molar-refractivity contribution in [3.63, 3.8) is 0 Å². The van der Waals surface area contributed by atoms with Gasteiger partial charge < -0.3 is 15.8 Å². The average Bonchev–Trinajstić information content (AvgIpc) is 2.35. The SMILES string of the molecule is CCC(C)(C)NC(=O)COC(=O)c1ccc(Cl)cc1N. The van der Waals surface area contributed by atoms with Crippen LogP contribution in [0.5, 0.6) is 0 Å². The zero-order valence-corrected chi connectivity index (χ0v) is 12.6. The second-order valence-corrected chi connectivity index (χ2v) is 5.53. The average molecular weight is 299 g/mol. The number of carbonyl (C=O) groups excluding carboxylic acids is 2. The van der Waals surface area contributed by atoms with E-state index in [-0.39, 0.29) is 29.3 Å². The fourth-order valence-electron chi connectivity index (χ4n) is 1.43. The Balaban J connectivity index is 2.57. The molecule has 0 spiro atoms. The molecular formula is C14H19ClN2O3. The molecule has 110 valence electrons. The fourth-order valence-corrected chi connectivity index (χ4v) is 1.61. The number of amides is 1. The van der Waals surface area contributed by atoms with Gasteiger partial charge in [0.05, 0.1) is 5.56 Å². The van der Waals surface area contributed by atoms with E-state index >= 15 is 0 Å². The third-order valence-electron chi connectivity index (χ3n) is 2.93. The van der Waals surface area contributed by atoms with E-state index < -0.39 is 5.97 Å². The van der Waals surface area contributed by atoms with Crippen molar-refractivity contribution in [1.82, 2.24) is 5.32 Å². The Hall–Kier alpha value is -1.75. The van der Waals surface area contributed by atoms with Gasteiger partial charge in [-0.2, -0.15) is 0 Å². The van der Waals surface area contributed by atoms with Gasteiger partial charge in [0.15, 0.2) is 6.61 Å². The van der Waals surface area contributed by atoms with Crippen LogP contribution >= 0.6 is 11.6 Å². The number of benzene rings is 1. The smallest absolute Gasteiger partial charge is 0.340 e. The first-order chi connectivity index (χ1) is 9.25. The van der Waals surface area contributed by atoms with Crippen molar-refractivity contribution in [2.24, 2.45) is 0 Å². The Morgan fingerprint density at radius 2 is 2.05 bits per heavy atom. The minimum atomic E-state index is -0.649. The summed E-state index contributed by atoms with van der Waals surface area (Å²) in [5.74, 6) is -0.999. The number of hydrogen-bond donors (Lipinski definition) is 2. The minimum absolute atomic E-state index is 0.192. The summed E-state index contributed by atoms with van der Waals surface area (Å²) < 4.78 is 4.93. The Labute approximate surface area is 123 Å². The van der Waals surface area contributed by atoms with Crippen LogP contribution in [0.15, 0.2) is 18.2 Å². The van der Waals surface area contributed by atoms with Crippen LogP contribution in [0.25, 0.3) is 0 Å². The Morgan fingerprint density at radius 3 is 2.60 bits per heavy atom. The lowest BCUT2D eigenvalue weighted by atomic mass is 10.0. The van der Waals surface area contributed by atoms with Gasteiger partial charge in [-0.25, -0.2) is 4.79 Å². The third kappa shape index (κ3) is 4.74. The Bertz CT molecular complexity index is 515. The summed E-state index contributed by atoms with van der Waals surface area (Å²) >= 11 is 5.74. The number of nitrogens with two attached hydrogens (primary N) is 1. The fraction of sp³-hybridized carbons (Fsp3) is 0.429. The van der Waals surface area contributed by atoms with E-state index in [0.29, 0.717) is 5.02 Å². The van der Waals surface area contributed by atoms with Crippen LogP contribution in [0.2, 0.25) is 5.02 Å². The molecule has 3 N–H and O–H groups in total. The highest BCUT2D eigenvalue weighted by atomic mass is 35.5. The molecule has 0 aliphatic carbocycles. The first-order valence-electron chi connectivity index (χ1n) is 6.28. The summed E-state index contributed by atoms with van der Waals surface area (Å²) in [5, 5.41) is 3.20. The van der Waals surface area contributed by atoms with E-state index in [2.05, 4.69) is 5.32 Å². The van der Waals surface area contributed by atoms with Crippen LogP contribution < -0.4 is 11.1 Å². The number of nitrogens with one attached hydrogen (secondary N) is 1. The van der Waals surface area contributed by atoms with Crippen molar-refractivity contribution in [2.75, 3.05) is 12.3 Å². The quantitative estimate of drug-likeness (QED) is 0.646. The summed E-state index contributed by atoms with van der Waals surface area (Å²) in [5.41, 5.74) is 5.75. The van der Waals surface area contributed by atoms with Crippen LogP contribution in [-0.2, 0) is 9.53 Å². The first-order valence-corrected chi connectivity index (χ1v) is 6.66. The van der Waals surface area contributed by atoms with Gasteiger partial charge in [0.2, 0.25) is 0 Å². The number of halogens is 1. The summed E-state index contributed by atoms with van der Waals surface area (Å²) in [6, 6.07) is 4.46. The monoisotopic (exact) mass is 298 g/mol. The van der Waals surface area contributed by atoms with Crippen LogP contribution in [-0.4, -0.2) is 24.0 Å². The van der Waals surface area contributed by atoms with Gasteiger partial charge >= 0.3 is 5.97 Å². The van der Waals surface area contributed by atoms with Gasteiger partial charge in [-0.1, -0.05) is 18.5 Å². The molecule has 20 heavy (non-hydrogen) atoms. The van der Waals surface area contributed by atoms with Crippen molar-refractivity contribution in [2.45, 2.75) is 32.7 Å². The lowest BCUT2D eigenvalue weighted by Crippen LogP contribution is -2.44. The molecule has 0 unspecified atom stereocenters. The molecule has 6 heteroatoms. The summed E-state index contributed by atoms with van der Waals surface area (Å²) in [7, 11) is 0. The second kappa shape index (κ2) is 6.61. The van der Waals surface area contributed by atoms with Crippen molar-refractivity contribution in [3.05, 3.63) is 28.8 Å². The van der Waals surface area contributed by atoms with Crippen molar-refractivity contribution >= 4 is 29.2 Å². The van der Waals surface area contributed by atoms with Gasteiger partial charge in [-0.3, -0.25) is 4.79 Å². The lowest BCUT2D eigenvalue weighted by Gasteiger charge is -2.24. The van der Waals surface area contributed by atoms with Gasteiger partial charge in [0.1, 0.15) is 0 Å². The maximum absolute atomic E-state index is 11.8. The summed E-state index contributed by atoms with van der Waals surface area (Å²) in [4.78, 5) is 23.4. The molecule has 0 fully saturated rings. The van der Waals surface area contributed by atoms with E-state index in [0.717, 1.165) is 6.42 Å². The molecule has 0 radical (unpaired) electrons. The molecule has 1 aromatic carbocycles. The highest BCUT2D eigenvalue weighted by Crippen LogP contribution is 2.18. The molecule has 0 aromatic heterocycles. The van der Waals surface area contributed by atoms with Crippen LogP contribution in [0.1, 0.15) is 37.6 Å². The topological polar surface area (TPSA) is 81.4 Å². The summed E-state index contributed by atoms with van der Waals surface area (Å²) in [6.07, 6.45) is 0.775. The number of nitrogen functional groups attached to an aromatic ring is 1. The molecule has 1 aromatic rings. The third-order valence-corrected chi connectivity index (χ3v) is 3.16. The molecule has 0 heterocycles. The Kier molecular flexibility index (Phi) is 5.39. The van der Waals surface area contributed by atoms with E-state index in [1.807, 2.05) is 20.8 Å². The van der Waals surface area contributed by atoms with E-state index in [9.17, 15) is 9.59 Å². The molecule has 0 saturated carbocycles. The van der Waals surface area contributed by atoms with Gasteiger partial charge in [-0.15, -0.1) is 0 Å². The van der Waals surface area contributed by atoms with Crippen LogP contribution in [0, 0.1) is 0 Å². The van der Waals surface area contributed by atoms with E-state index in [1.54, 1.807) is 0 Å². The van der Waals surface area contributed by atoms with Crippen LogP contribution in [0.3, 0.4) is 0 Å². The number of anilines is 1.